The van der Waals surface area contributed by atoms with Gasteiger partial charge in [0.05, 0.1) is 0 Å². The summed E-state index contributed by atoms with van der Waals surface area (Å²) in [4.78, 5) is 34.3. The van der Waals surface area contributed by atoms with Crippen molar-refractivity contribution in [1.29, 1.82) is 5.41 Å². The Hall–Kier alpha value is -3.56. The van der Waals surface area contributed by atoms with Crippen LogP contribution in [0.4, 0.5) is 4.39 Å². The first-order valence-electron chi connectivity index (χ1n) is 11.1. The minimum Gasteiger partial charge on any atom is -0.460 e. The summed E-state index contributed by atoms with van der Waals surface area (Å²) in [5.41, 5.74) is 5.66. The summed E-state index contributed by atoms with van der Waals surface area (Å²) in [6, 6.07) is 4.93. The average Bonchev–Trinajstić information content (AvgIpc) is 2.78. The number of aromatic nitrogens is 2. The Balaban J connectivity index is 0.00000432. The Kier molecular flexibility index (Phi) is 9.27. The third-order valence-electron chi connectivity index (χ3n) is 5.38. The van der Waals surface area contributed by atoms with Crippen molar-refractivity contribution in [3.63, 3.8) is 0 Å². The van der Waals surface area contributed by atoms with Crippen molar-refractivity contribution in [2.24, 2.45) is 11.1 Å². The smallest absolute Gasteiger partial charge is 0.316 e. The number of nitrogens with one attached hydrogen (secondary N) is 1. The zero-order valence-corrected chi connectivity index (χ0v) is 19.6. The number of likely N-dealkylation sites (tertiary alicyclic amines) is 1. The van der Waals surface area contributed by atoms with E-state index in [4.69, 9.17) is 20.6 Å². The Morgan fingerprint density at radius 1 is 1.20 bits per heavy atom. The van der Waals surface area contributed by atoms with E-state index >= 15 is 0 Å². The molecule has 0 unspecified atom stereocenters. The van der Waals surface area contributed by atoms with Crippen LogP contribution in [0, 0.1) is 16.6 Å². The molecule has 9 nitrogen and oxygen atoms in total. The van der Waals surface area contributed by atoms with Gasteiger partial charge in [0.25, 0.3) is 0 Å². The number of benzene rings is 1. The normalized spacial score (nSPS) is 14.1. The van der Waals surface area contributed by atoms with Gasteiger partial charge in [-0.2, -0.15) is 0 Å². The second kappa shape index (κ2) is 11.7. The molecule has 0 spiro atoms. The molecular weight excluding hydrogens is 453 g/mol. The first kappa shape index (κ1) is 27.7. The number of esters is 1. The molecule has 1 aliphatic rings. The summed E-state index contributed by atoms with van der Waals surface area (Å²) < 4.78 is 25.8. The van der Waals surface area contributed by atoms with E-state index in [1.807, 2.05) is 25.7 Å². The lowest BCUT2D eigenvalue weighted by molar-refractivity contribution is -0.143. The molecule has 1 aromatic carbocycles. The van der Waals surface area contributed by atoms with Crippen LogP contribution >= 0.6 is 0 Å². The van der Waals surface area contributed by atoms with Crippen LogP contribution in [0.3, 0.4) is 0 Å². The summed E-state index contributed by atoms with van der Waals surface area (Å²) in [6.07, 6.45) is 3.88. The quantitative estimate of drug-likeness (QED) is 0.346. The third kappa shape index (κ3) is 7.46. The molecule has 0 saturated carbocycles. The summed E-state index contributed by atoms with van der Waals surface area (Å²) >= 11 is 0. The molecule has 0 atom stereocenters. The third-order valence-corrected chi connectivity index (χ3v) is 5.38. The van der Waals surface area contributed by atoms with Crippen molar-refractivity contribution < 1.29 is 23.5 Å². The number of piperidine rings is 1. The van der Waals surface area contributed by atoms with Crippen molar-refractivity contribution in [1.82, 2.24) is 14.9 Å². The minimum absolute atomic E-state index is 0. The summed E-state index contributed by atoms with van der Waals surface area (Å²) in [6.45, 7) is 6.69. The molecule has 190 valence electrons. The van der Waals surface area contributed by atoms with E-state index in [0.717, 1.165) is 0 Å². The molecule has 1 aliphatic heterocycles. The largest absolute Gasteiger partial charge is 0.460 e. The molecule has 0 radical (unpaired) electrons. The fraction of sp³-hybridized carbons (Fsp3) is 0.480. The van der Waals surface area contributed by atoms with Crippen LogP contribution in [0.5, 0.6) is 6.01 Å². The molecule has 1 saturated heterocycles. The van der Waals surface area contributed by atoms with Crippen molar-refractivity contribution in [2.45, 2.75) is 60.2 Å². The highest BCUT2D eigenvalue weighted by molar-refractivity contribution is 5.94. The second-order valence-corrected chi connectivity index (χ2v) is 9.26. The predicted octanol–water partition coefficient (Wildman–Crippen LogP) is 3.70. The number of ether oxygens (including phenoxy) is 2. The fourth-order valence-corrected chi connectivity index (χ4v) is 3.60. The number of rotatable bonds is 7. The van der Waals surface area contributed by atoms with E-state index in [9.17, 15) is 14.0 Å². The second-order valence-electron chi connectivity index (χ2n) is 9.26. The van der Waals surface area contributed by atoms with Gasteiger partial charge in [-0.1, -0.05) is 46.4 Å². The maximum absolute atomic E-state index is 15.0. The Labute approximate surface area is 205 Å². The highest BCUT2D eigenvalue weighted by Gasteiger charge is 2.31. The Morgan fingerprint density at radius 3 is 2.40 bits per heavy atom. The topological polar surface area (TPSA) is 131 Å². The molecule has 3 N–H and O–H groups in total. The monoisotopic (exact) mass is 487 g/mol. The molecule has 0 aliphatic carbocycles. The van der Waals surface area contributed by atoms with Gasteiger partial charge in [-0.25, -0.2) is 14.4 Å². The summed E-state index contributed by atoms with van der Waals surface area (Å²) in [7, 11) is 0. The average molecular weight is 488 g/mol. The molecule has 1 fully saturated rings. The molecule has 35 heavy (non-hydrogen) atoms. The van der Waals surface area contributed by atoms with Crippen molar-refractivity contribution in [3.05, 3.63) is 42.0 Å². The lowest BCUT2D eigenvalue weighted by atomic mass is 9.93. The highest BCUT2D eigenvalue weighted by atomic mass is 19.1. The van der Waals surface area contributed by atoms with Gasteiger partial charge in [0, 0.05) is 60.4 Å². The molecule has 10 heteroatoms. The van der Waals surface area contributed by atoms with E-state index in [-0.39, 0.29) is 55.4 Å². The summed E-state index contributed by atoms with van der Waals surface area (Å²) in [5.74, 6) is -1.44. The van der Waals surface area contributed by atoms with Gasteiger partial charge in [0.1, 0.15) is 30.8 Å². The first-order valence-corrected chi connectivity index (χ1v) is 11.1. The number of carbonyl (C=O) groups excluding carboxylic acids is 2. The van der Waals surface area contributed by atoms with Crippen LogP contribution in [0.15, 0.2) is 30.6 Å². The molecule has 0 bridgehead atoms. The number of amidine groups is 1. The predicted molar refractivity (Wildman–Crippen MR) is 130 cm³/mol. The number of nitrogens with zero attached hydrogens (tertiary/aromatic N) is 3. The van der Waals surface area contributed by atoms with E-state index in [1.165, 1.54) is 18.5 Å². The van der Waals surface area contributed by atoms with E-state index in [0.29, 0.717) is 31.5 Å². The Bertz CT molecular complexity index is 1040. The molecule has 1 aromatic heterocycles. The number of carbonyl (C=O) groups is 2. The van der Waals surface area contributed by atoms with E-state index in [1.54, 1.807) is 12.1 Å². The zero-order chi connectivity index (χ0) is 24.9. The van der Waals surface area contributed by atoms with Crippen molar-refractivity contribution in [2.75, 3.05) is 13.1 Å². The van der Waals surface area contributed by atoms with Gasteiger partial charge in [0.2, 0.25) is 5.91 Å². The number of hydrogen-bond donors (Lipinski definition) is 2. The maximum Gasteiger partial charge on any atom is 0.316 e. The SMILES string of the molecule is C.CC(C)(C)C(=O)N1CCC(Oc2ncc(-c3cccc(COC(=O)CC(=N)N)c3F)cn2)CC1. The lowest BCUT2D eigenvalue weighted by Crippen LogP contribution is -2.46. The van der Waals surface area contributed by atoms with Crippen LogP contribution in [0.2, 0.25) is 0 Å². The number of nitrogens with two attached hydrogens (primary N) is 1. The van der Waals surface area contributed by atoms with Crippen molar-refractivity contribution in [3.8, 4) is 17.1 Å². The van der Waals surface area contributed by atoms with Crippen LogP contribution in [0.25, 0.3) is 11.1 Å². The van der Waals surface area contributed by atoms with Crippen LogP contribution in [-0.4, -0.2) is 51.8 Å². The van der Waals surface area contributed by atoms with Crippen LogP contribution in [0.1, 0.15) is 53.0 Å². The molecule has 1 amide bonds. The Morgan fingerprint density at radius 2 is 1.83 bits per heavy atom. The van der Waals surface area contributed by atoms with E-state index in [2.05, 4.69) is 9.97 Å². The lowest BCUT2D eigenvalue weighted by Gasteiger charge is -2.35. The van der Waals surface area contributed by atoms with Gasteiger partial charge in [-0.3, -0.25) is 15.0 Å². The molecule has 2 aromatic rings. The van der Waals surface area contributed by atoms with Gasteiger partial charge in [0.15, 0.2) is 0 Å². The van der Waals surface area contributed by atoms with Gasteiger partial charge in [-0.05, 0) is 0 Å². The zero-order valence-electron chi connectivity index (χ0n) is 19.6. The summed E-state index contributed by atoms with van der Waals surface area (Å²) in [5, 5.41) is 7.11. The van der Waals surface area contributed by atoms with Gasteiger partial charge in [-0.15, -0.1) is 0 Å². The molecular formula is C25H34FN5O4. The maximum atomic E-state index is 15.0. The van der Waals surface area contributed by atoms with Crippen LogP contribution < -0.4 is 10.5 Å². The minimum atomic E-state index is -0.698. The van der Waals surface area contributed by atoms with Crippen LogP contribution in [-0.2, 0) is 20.9 Å². The fourth-order valence-electron chi connectivity index (χ4n) is 3.60. The number of hydrogen-bond acceptors (Lipinski definition) is 7. The number of amides is 1. The molecule has 3 rings (SSSR count). The number of halogens is 1. The highest BCUT2D eigenvalue weighted by Crippen LogP contribution is 2.26. The van der Waals surface area contributed by atoms with E-state index < -0.39 is 17.2 Å². The molecule has 2 heterocycles. The van der Waals surface area contributed by atoms with Gasteiger partial charge >= 0.3 is 12.0 Å². The first-order chi connectivity index (χ1) is 16.0. The van der Waals surface area contributed by atoms with Crippen molar-refractivity contribution >= 4 is 17.7 Å². The van der Waals surface area contributed by atoms with Gasteiger partial charge < -0.3 is 20.1 Å². The standard InChI is InChI=1S/C24H30FN5O4.CH4/c1-24(2,3)22(32)30-9-7-17(8-10-30)34-23-28-12-16(13-29-23)18-6-4-5-15(21(18)25)14-33-20(31)11-19(26)27;/h4-6,12-13,17H,7-11,14H2,1-3H3,(H3,26,27);1H4.